The monoisotopic (exact) mass is 188 g/mol. The van der Waals surface area contributed by atoms with Gasteiger partial charge in [-0.1, -0.05) is 0 Å². The third-order valence-electron chi connectivity index (χ3n) is 1.28. The Labute approximate surface area is 63.2 Å². The molecular formula is C6H2F6. The van der Waals surface area contributed by atoms with Crippen molar-refractivity contribution in [1.29, 1.82) is 0 Å². The Morgan fingerprint density at radius 2 is 0.917 bits per heavy atom. The molecule has 0 fully saturated rings. The lowest BCUT2D eigenvalue weighted by Crippen LogP contribution is -2.22. The summed E-state index contributed by atoms with van der Waals surface area (Å²) in [6.45, 7) is 0. The second kappa shape index (κ2) is 2.27. The maximum atomic E-state index is 11.6. The van der Waals surface area contributed by atoms with Crippen molar-refractivity contribution in [3.8, 4) is 0 Å². The fourth-order valence-corrected chi connectivity index (χ4v) is 0.649. The van der Waals surface area contributed by atoms with Gasteiger partial charge < -0.3 is 0 Å². The molecule has 0 bridgehead atoms. The Balaban J connectivity index is 2.66. The molecule has 0 spiro atoms. The summed E-state index contributed by atoms with van der Waals surface area (Å²) in [7, 11) is 0. The first-order valence-corrected chi connectivity index (χ1v) is 2.79. The highest BCUT2D eigenvalue weighted by Gasteiger charge is 2.43. The largest absolute Gasteiger partial charge is 0.416 e. The minimum atomic E-state index is -4.67. The molecule has 0 N–H and O–H groups in total. The fourth-order valence-electron chi connectivity index (χ4n) is 0.649. The summed E-state index contributed by atoms with van der Waals surface area (Å²) < 4.78 is 69.5. The zero-order valence-corrected chi connectivity index (χ0v) is 5.42. The molecule has 0 amide bonds. The van der Waals surface area contributed by atoms with Crippen molar-refractivity contribution in [2.45, 2.75) is 12.4 Å². The molecule has 0 aromatic rings. The first-order valence-electron chi connectivity index (χ1n) is 2.79. The molecular weight excluding hydrogens is 186 g/mol. The van der Waals surface area contributed by atoms with E-state index in [2.05, 4.69) is 0 Å². The molecule has 0 saturated carbocycles. The predicted octanol–water partition coefficient (Wildman–Crippen LogP) is 2.98. The topological polar surface area (TPSA) is 0 Å². The molecule has 0 atom stereocenters. The van der Waals surface area contributed by atoms with Gasteiger partial charge in [-0.25, -0.2) is 0 Å². The summed E-state index contributed by atoms with van der Waals surface area (Å²) in [6.07, 6.45) is -9.18. The Hall–Kier alpha value is -0.940. The highest BCUT2D eigenvalue weighted by Crippen LogP contribution is 2.40. The van der Waals surface area contributed by atoms with E-state index < -0.39 is 23.5 Å². The maximum Gasteiger partial charge on any atom is 0.416 e. The van der Waals surface area contributed by atoms with Gasteiger partial charge in [0.1, 0.15) is 0 Å². The van der Waals surface area contributed by atoms with Gasteiger partial charge in [0.25, 0.3) is 0 Å². The quantitative estimate of drug-likeness (QED) is 0.512. The van der Waals surface area contributed by atoms with Crippen molar-refractivity contribution in [3.05, 3.63) is 23.3 Å². The van der Waals surface area contributed by atoms with Crippen LogP contribution in [0.15, 0.2) is 23.3 Å². The van der Waals surface area contributed by atoms with E-state index in [0.29, 0.717) is 0 Å². The molecule has 1 aliphatic carbocycles. The number of halogens is 6. The molecule has 0 heterocycles. The highest BCUT2D eigenvalue weighted by atomic mass is 19.4. The lowest BCUT2D eigenvalue weighted by molar-refractivity contribution is -0.100. The Bertz CT molecular complexity index is 217. The number of hydrogen-bond donors (Lipinski definition) is 0. The second-order valence-electron chi connectivity index (χ2n) is 2.19. The predicted molar refractivity (Wildman–Crippen MR) is 28.3 cm³/mol. The van der Waals surface area contributed by atoms with Crippen LogP contribution in [0.3, 0.4) is 0 Å². The summed E-state index contributed by atoms with van der Waals surface area (Å²) >= 11 is 0. The molecule has 0 nitrogen and oxygen atoms in total. The minimum Gasteiger partial charge on any atom is -0.166 e. The van der Waals surface area contributed by atoms with E-state index in [4.69, 9.17) is 0 Å². The van der Waals surface area contributed by atoms with Gasteiger partial charge in [-0.15, -0.1) is 0 Å². The van der Waals surface area contributed by atoms with E-state index in [1.165, 1.54) is 0 Å². The van der Waals surface area contributed by atoms with Crippen LogP contribution in [0.25, 0.3) is 0 Å². The van der Waals surface area contributed by atoms with Gasteiger partial charge in [-0.3, -0.25) is 0 Å². The molecule has 0 aromatic carbocycles. The summed E-state index contributed by atoms with van der Waals surface area (Å²) in [5.74, 6) is 0. The zero-order valence-electron chi connectivity index (χ0n) is 5.42. The van der Waals surface area contributed by atoms with Crippen molar-refractivity contribution in [2.75, 3.05) is 0 Å². The van der Waals surface area contributed by atoms with Crippen molar-refractivity contribution >= 4 is 0 Å². The summed E-state index contributed by atoms with van der Waals surface area (Å²) in [4.78, 5) is 0. The van der Waals surface area contributed by atoms with Crippen molar-refractivity contribution in [1.82, 2.24) is 0 Å². The number of rotatable bonds is 0. The Morgan fingerprint density at radius 3 is 1.08 bits per heavy atom. The van der Waals surface area contributed by atoms with Crippen LogP contribution in [0, 0.1) is 0 Å². The second-order valence-corrected chi connectivity index (χ2v) is 2.19. The van der Waals surface area contributed by atoms with Crippen LogP contribution in [-0.4, -0.2) is 12.4 Å². The van der Waals surface area contributed by atoms with Crippen LogP contribution < -0.4 is 0 Å². The smallest absolute Gasteiger partial charge is 0.166 e. The molecule has 12 heavy (non-hydrogen) atoms. The van der Waals surface area contributed by atoms with Crippen molar-refractivity contribution in [2.24, 2.45) is 0 Å². The third-order valence-corrected chi connectivity index (χ3v) is 1.28. The molecule has 1 aliphatic rings. The molecule has 0 unspecified atom stereocenters. The molecule has 0 saturated heterocycles. The lowest BCUT2D eigenvalue weighted by atomic mass is 9.98. The van der Waals surface area contributed by atoms with Crippen LogP contribution in [0.4, 0.5) is 26.3 Å². The molecule has 0 aliphatic heterocycles. The van der Waals surface area contributed by atoms with Crippen molar-refractivity contribution < 1.29 is 26.3 Å². The SMILES string of the molecule is FC(F)(F)C1=CC(C(F)(F)F)=C1. The molecule has 0 radical (unpaired) electrons. The molecule has 0 aromatic heterocycles. The Morgan fingerprint density at radius 1 is 0.667 bits per heavy atom. The summed E-state index contributed by atoms with van der Waals surface area (Å²) in [6, 6.07) is 0. The van der Waals surface area contributed by atoms with Gasteiger partial charge in [0.05, 0.1) is 11.1 Å². The zero-order chi connectivity index (χ0) is 9.57. The van der Waals surface area contributed by atoms with Gasteiger partial charge in [0, 0.05) is 0 Å². The van der Waals surface area contributed by atoms with Crippen LogP contribution in [0.2, 0.25) is 0 Å². The number of alkyl halides is 6. The molecule has 6 heteroatoms. The van der Waals surface area contributed by atoms with E-state index in [-0.39, 0.29) is 12.2 Å². The average Bonchev–Trinajstić information content (AvgIpc) is 1.46. The van der Waals surface area contributed by atoms with E-state index in [9.17, 15) is 26.3 Å². The highest BCUT2D eigenvalue weighted by molar-refractivity contribution is 5.48. The number of hydrogen-bond acceptors (Lipinski definition) is 0. The standard InChI is InChI=1S/C6H2F6/c7-5(8,9)3-1-4(2-3)6(10,11)12/h1-2H. The van der Waals surface area contributed by atoms with Crippen LogP contribution in [0.5, 0.6) is 0 Å². The molecule has 1 rings (SSSR count). The Kier molecular flexibility index (Phi) is 1.73. The van der Waals surface area contributed by atoms with Crippen molar-refractivity contribution in [3.63, 3.8) is 0 Å². The maximum absolute atomic E-state index is 11.6. The van der Waals surface area contributed by atoms with Gasteiger partial charge in [-0.05, 0) is 12.2 Å². The van der Waals surface area contributed by atoms with E-state index in [0.717, 1.165) is 0 Å². The van der Waals surface area contributed by atoms with E-state index >= 15 is 0 Å². The fraction of sp³-hybridized carbons (Fsp3) is 0.333. The average molecular weight is 188 g/mol. The minimum absolute atomic E-state index is 0.0833. The van der Waals surface area contributed by atoms with E-state index in [1.54, 1.807) is 0 Å². The first-order chi connectivity index (χ1) is 5.21. The number of allylic oxidation sites excluding steroid dienone is 4. The van der Waals surface area contributed by atoms with Crippen LogP contribution >= 0.6 is 0 Å². The van der Waals surface area contributed by atoms with E-state index in [1.807, 2.05) is 0 Å². The first kappa shape index (κ1) is 9.15. The van der Waals surface area contributed by atoms with Gasteiger partial charge in [-0.2, -0.15) is 26.3 Å². The lowest BCUT2D eigenvalue weighted by Gasteiger charge is -2.19. The van der Waals surface area contributed by atoms with Gasteiger partial charge in [0.15, 0.2) is 0 Å². The summed E-state index contributed by atoms with van der Waals surface area (Å²) in [5, 5.41) is 0. The van der Waals surface area contributed by atoms with Gasteiger partial charge >= 0.3 is 12.4 Å². The third kappa shape index (κ3) is 1.62. The van der Waals surface area contributed by atoms with Gasteiger partial charge in [0.2, 0.25) is 0 Å². The van der Waals surface area contributed by atoms with Crippen LogP contribution in [-0.2, 0) is 0 Å². The summed E-state index contributed by atoms with van der Waals surface area (Å²) in [5.41, 5.74) is -2.48. The molecule has 68 valence electrons. The van der Waals surface area contributed by atoms with Crippen LogP contribution in [0.1, 0.15) is 0 Å². The normalized spacial score (nSPS) is 18.2.